The molecule has 0 unspecified atom stereocenters. The van der Waals surface area contributed by atoms with Crippen LogP contribution in [0, 0.1) is 0 Å². The smallest absolute Gasteiger partial charge is 0.120 e. The molecule has 0 aliphatic rings. The van der Waals surface area contributed by atoms with Crippen molar-refractivity contribution >= 4 is 16.5 Å². The number of anilines is 1. The van der Waals surface area contributed by atoms with Gasteiger partial charge in [-0.1, -0.05) is 72.8 Å². The van der Waals surface area contributed by atoms with E-state index in [4.69, 9.17) is 0 Å². The Bertz CT molecular complexity index is 1050. The second kappa shape index (κ2) is 7.16. The summed E-state index contributed by atoms with van der Waals surface area (Å²) in [6, 6.07) is 31.0. The molecule has 2 nitrogen and oxygen atoms in total. The van der Waals surface area contributed by atoms with Crippen molar-refractivity contribution in [3.05, 3.63) is 108 Å². The van der Waals surface area contributed by atoms with Crippen LogP contribution in [0.2, 0.25) is 0 Å². The van der Waals surface area contributed by atoms with E-state index < -0.39 is 0 Å². The Kier molecular flexibility index (Phi) is 4.55. The Labute approximate surface area is 160 Å². The average Bonchev–Trinajstić information content (AvgIpc) is 2.71. The van der Waals surface area contributed by atoms with E-state index in [-0.39, 0.29) is 5.92 Å². The summed E-state index contributed by atoms with van der Waals surface area (Å²) < 4.78 is 0. The molecule has 0 fully saturated rings. The highest BCUT2D eigenvalue weighted by Gasteiger charge is 2.22. The van der Waals surface area contributed by atoms with Crippen LogP contribution in [0.15, 0.2) is 91.0 Å². The summed E-state index contributed by atoms with van der Waals surface area (Å²) in [5.74, 6) is 0.299. The van der Waals surface area contributed by atoms with Crippen LogP contribution in [0.25, 0.3) is 10.8 Å². The van der Waals surface area contributed by atoms with Gasteiger partial charge in [0, 0.05) is 31.3 Å². The van der Waals surface area contributed by atoms with Crippen molar-refractivity contribution in [3.63, 3.8) is 0 Å². The van der Waals surface area contributed by atoms with E-state index in [1.165, 1.54) is 11.1 Å². The molecule has 4 aromatic carbocycles. The summed E-state index contributed by atoms with van der Waals surface area (Å²) in [5.41, 5.74) is 4.45. The molecule has 4 aromatic rings. The van der Waals surface area contributed by atoms with Gasteiger partial charge >= 0.3 is 0 Å². The van der Waals surface area contributed by atoms with E-state index in [2.05, 4.69) is 65.6 Å². The molecule has 0 aromatic heterocycles. The fraction of sp³-hybridized carbons (Fsp3) is 0.120. The van der Waals surface area contributed by atoms with Crippen LogP contribution in [0.3, 0.4) is 0 Å². The highest BCUT2D eigenvalue weighted by Crippen LogP contribution is 2.41. The maximum Gasteiger partial charge on any atom is 0.120 e. The maximum atomic E-state index is 10.8. The van der Waals surface area contributed by atoms with Crippen molar-refractivity contribution < 1.29 is 5.11 Å². The molecule has 0 aliphatic heterocycles. The molecule has 2 heteroatoms. The van der Waals surface area contributed by atoms with E-state index in [0.717, 1.165) is 22.0 Å². The monoisotopic (exact) mass is 353 g/mol. The quantitative estimate of drug-likeness (QED) is 0.469. The predicted octanol–water partition coefficient (Wildman–Crippen LogP) is 5.79. The van der Waals surface area contributed by atoms with Gasteiger partial charge in [-0.15, -0.1) is 0 Å². The molecule has 4 rings (SSSR count). The van der Waals surface area contributed by atoms with Crippen molar-refractivity contribution in [1.29, 1.82) is 0 Å². The lowest BCUT2D eigenvalue weighted by atomic mass is 9.82. The molecule has 0 spiro atoms. The summed E-state index contributed by atoms with van der Waals surface area (Å²) in [5, 5.41) is 13.1. The Morgan fingerprint density at radius 1 is 0.667 bits per heavy atom. The first kappa shape index (κ1) is 17.2. The standard InChI is InChI=1S/C25H23NO/c1-26(2)21-15-12-20(13-16-21)24(19-9-4-3-5-10-19)25-22-11-7-6-8-18(22)14-17-23(25)27/h3-17,24,27H,1-2H3/t24-/m1/s1. The lowest BCUT2D eigenvalue weighted by Crippen LogP contribution is -2.09. The first-order valence-corrected chi connectivity index (χ1v) is 9.18. The van der Waals surface area contributed by atoms with E-state index >= 15 is 0 Å². The third-order valence-electron chi connectivity index (χ3n) is 5.11. The van der Waals surface area contributed by atoms with Gasteiger partial charge in [-0.05, 0) is 40.1 Å². The van der Waals surface area contributed by atoms with Gasteiger partial charge in [0.15, 0.2) is 0 Å². The topological polar surface area (TPSA) is 23.5 Å². The second-order valence-electron chi connectivity index (χ2n) is 7.05. The van der Waals surface area contributed by atoms with Gasteiger partial charge in [0.2, 0.25) is 0 Å². The first-order valence-electron chi connectivity index (χ1n) is 9.18. The number of aromatic hydroxyl groups is 1. The molecule has 0 radical (unpaired) electrons. The molecular weight excluding hydrogens is 330 g/mol. The maximum absolute atomic E-state index is 10.8. The molecule has 1 atom stereocenters. The van der Waals surface area contributed by atoms with Crippen molar-refractivity contribution in [3.8, 4) is 5.75 Å². The number of nitrogens with zero attached hydrogens (tertiary/aromatic N) is 1. The molecule has 0 aliphatic carbocycles. The van der Waals surface area contributed by atoms with E-state index in [1.807, 2.05) is 44.4 Å². The van der Waals surface area contributed by atoms with Crippen LogP contribution in [0.5, 0.6) is 5.75 Å². The van der Waals surface area contributed by atoms with Crippen LogP contribution in [0.1, 0.15) is 22.6 Å². The Balaban J connectivity index is 1.96. The van der Waals surface area contributed by atoms with Gasteiger partial charge in [-0.3, -0.25) is 0 Å². The summed E-state index contributed by atoms with van der Waals surface area (Å²) in [7, 11) is 4.08. The highest BCUT2D eigenvalue weighted by atomic mass is 16.3. The number of phenolic OH excluding ortho intramolecular Hbond substituents is 1. The minimum Gasteiger partial charge on any atom is -0.508 e. The van der Waals surface area contributed by atoms with E-state index in [0.29, 0.717) is 5.75 Å². The Morgan fingerprint density at radius 2 is 1.30 bits per heavy atom. The molecule has 27 heavy (non-hydrogen) atoms. The summed E-state index contributed by atoms with van der Waals surface area (Å²) in [6.45, 7) is 0. The molecular formula is C25H23NO. The molecule has 0 saturated carbocycles. The number of hydrogen-bond donors (Lipinski definition) is 1. The third kappa shape index (κ3) is 3.26. The zero-order valence-electron chi connectivity index (χ0n) is 15.6. The van der Waals surface area contributed by atoms with Crippen molar-refractivity contribution in [2.75, 3.05) is 19.0 Å². The van der Waals surface area contributed by atoms with Crippen LogP contribution < -0.4 is 4.90 Å². The summed E-state index contributed by atoms with van der Waals surface area (Å²) in [6.07, 6.45) is 0. The number of phenols is 1. The summed E-state index contributed by atoms with van der Waals surface area (Å²) >= 11 is 0. The summed E-state index contributed by atoms with van der Waals surface area (Å²) in [4.78, 5) is 2.09. The zero-order chi connectivity index (χ0) is 18.8. The molecule has 0 bridgehead atoms. The van der Waals surface area contributed by atoms with Crippen molar-refractivity contribution in [2.24, 2.45) is 0 Å². The van der Waals surface area contributed by atoms with Crippen molar-refractivity contribution in [2.45, 2.75) is 5.92 Å². The van der Waals surface area contributed by atoms with E-state index in [1.54, 1.807) is 0 Å². The van der Waals surface area contributed by atoms with Crippen molar-refractivity contribution in [1.82, 2.24) is 0 Å². The SMILES string of the molecule is CN(C)c1ccc([C@@H](c2ccccc2)c2c(O)ccc3ccccc23)cc1. The number of hydrogen-bond acceptors (Lipinski definition) is 2. The lowest BCUT2D eigenvalue weighted by molar-refractivity contribution is 0.468. The van der Waals surface area contributed by atoms with Crippen LogP contribution in [-0.4, -0.2) is 19.2 Å². The molecule has 134 valence electrons. The predicted molar refractivity (Wildman–Crippen MR) is 114 cm³/mol. The van der Waals surface area contributed by atoms with Gasteiger partial charge < -0.3 is 10.0 Å². The number of rotatable bonds is 4. The third-order valence-corrected chi connectivity index (χ3v) is 5.11. The molecule has 0 amide bonds. The van der Waals surface area contributed by atoms with Gasteiger partial charge in [-0.25, -0.2) is 0 Å². The van der Waals surface area contributed by atoms with Gasteiger partial charge in [0.1, 0.15) is 5.75 Å². The fourth-order valence-corrected chi connectivity index (χ4v) is 3.72. The first-order chi connectivity index (χ1) is 13.1. The normalized spacial score (nSPS) is 12.1. The molecule has 1 N–H and O–H groups in total. The molecule has 0 saturated heterocycles. The minimum absolute atomic E-state index is 0.0338. The van der Waals surface area contributed by atoms with Gasteiger partial charge in [0.25, 0.3) is 0 Å². The minimum atomic E-state index is -0.0338. The van der Waals surface area contributed by atoms with Crippen LogP contribution in [0.4, 0.5) is 5.69 Å². The number of fused-ring (bicyclic) bond motifs is 1. The fourth-order valence-electron chi connectivity index (χ4n) is 3.72. The lowest BCUT2D eigenvalue weighted by Gasteiger charge is -2.23. The Morgan fingerprint density at radius 3 is 2.00 bits per heavy atom. The number of benzene rings is 4. The van der Waals surface area contributed by atoms with Gasteiger partial charge in [0.05, 0.1) is 0 Å². The highest BCUT2D eigenvalue weighted by molar-refractivity contribution is 5.89. The average molecular weight is 353 g/mol. The second-order valence-corrected chi connectivity index (χ2v) is 7.05. The van der Waals surface area contributed by atoms with Crippen LogP contribution in [-0.2, 0) is 0 Å². The van der Waals surface area contributed by atoms with E-state index in [9.17, 15) is 5.11 Å². The Hall–Kier alpha value is -3.26. The zero-order valence-corrected chi connectivity index (χ0v) is 15.6. The van der Waals surface area contributed by atoms with Gasteiger partial charge in [-0.2, -0.15) is 0 Å². The van der Waals surface area contributed by atoms with Crippen LogP contribution >= 0.6 is 0 Å². The molecule has 0 heterocycles. The largest absolute Gasteiger partial charge is 0.508 e.